The van der Waals surface area contributed by atoms with E-state index >= 15 is 0 Å². The Morgan fingerprint density at radius 3 is 2.60 bits per heavy atom. The Labute approximate surface area is 260 Å². The van der Waals surface area contributed by atoms with Crippen molar-refractivity contribution in [1.82, 2.24) is 10.2 Å². The van der Waals surface area contributed by atoms with Crippen molar-refractivity contribution in [3.63, 3.8) is 0 Å². The van der Waals surface area contributed by atoms with Gasteiger partial charge in [0.15, 0.2) is 5.78 Å². The van der Waals surface area contributed by atoms with Crippen LogP contribution < -0.4 is 20.1 Å². The Morgan fingerprint density at radius 2 is 1.89 bits per heavy atom. The first-order valence-electron chi connectivity index (χ1n) is 15.1. The number of nitrogens with one attached hydrogen (secondary N) is 2. The number of alkyl halides is 3. The van der Waals surface area contributed by atoms with Gasteiger partial charge in [-0.25, -0.2) is 0 Å². The number of methoxy groups -OCH3 is 1. The van der Waals surface area contributed by atoms with E-state index in [0.717, 1.165) is 32.5 Å². The van der Waals surface area contributed by atoms with Crippen LogP contribution in [-0.2, 0) is 6.42 Å². The van der Waals surface area contributed by atoms with Gasteiger partial charge in [0.2, 0.25) is 0 Å². The predicted molar refractivity (Wildman–Crippen MR) is 167 cm³/mol. The number of piperidine rings is 1. The summed E-state index contributed by atoms with van der Waals surface area (Å²) in [6.07, 6.45) is 2.28. The molecule has 0 radical (unpaired) electrons. The number of fused-ring (bicyclic) bond motifs is 1. The van der Waals surface area contributed by atoms with Crippen LogP contribution in [0.2, 0.25) is 0 Å². The summed E-state index contributed by atoms with van der Waals surface area (Å²) in [5.74, 6) is -0.174. The molecule has 0 spiro atoms. The lowest BCUT2D eigenvalue weighted by atomic mass is 9.90. The van der Waals surface area contributed by atoms with Gasteiger partial charge in [0, 0.05) is 31.1 Å². The van der Waals surface area contributed by atoms with E-state index < -0.39 is 24.1 Å². The number of aliphatic imine (C=N–C) groups is 1. The van der Waals surface area contributed by atoms with Crippen LogP contribution in [0.15, 0.2) is 76.5 Å². The molecule has 1 fully saturated rings. The van der Waals surface area contributed by atoms with E-state index in [4.69, 9.17) is 9.47 Å². The van der Waals surface area contributed by atoms with Crippen LogP contribution in [-0.4, -0.2) is 67.9 Å². The summed E-state index contributed by atoms with van der Waals surface area (Å²) in [7, 11) is 1.46. The van der Waals surface area contributed by atoms with Gasteiger partial charge in [0.05, 0.1) is 30.5 Å². The summed E-state index contributed by atoms with van der Waals surface area (Å²) in [5.41, 5.74) is 1.41. The monoisotopic (exact) mass is 622 g/mol. The molecule has 2 N–H and O–H groups in total. The van der Waals surface area contributed by atoms with Gasteiger partial charge in [0.1, 0.15) is 23.1 Å². The minimum Gasteiger partial charge on any atom is -0.495 e. The second-order valence-electron chi connectivity index (χ2n) is 11.2. The van der Waals surface area contributed by atoms with E-state index in [-0.39, 0.29) is 41.3 Å². The minimum atomic E-state index is -4.74. The molecule has 11 heteroatoms. The van der Waals surface area contributed by atoms with Crippen molar-refractivity contribution < 1.29 is 32.2 Å². The molecule has 1 amide bonds. The molecule has 0 unspecified atom stereocenters. The SMILES string of the molecule is CCN1CCC(NC(=O)c2ccc(NC3=NC/C(C(F)(F)F)=C(Oc4cccc5c4C(=O)C(C)=CC5)\C=C\C3)c(OC)c2)CC1. The van der Waals surface area contributed by atoms with E-state index in [1.807, 2.05) is 0 Å². The number of benzene rings is 2. The first kappa shape index (κ1) is 32.0. The molecule has 3 aliphatic rings. The maximum atomic E-state index is 14.3. The molecule has 2 aromatic carbocycles. The molecule has 8 nitrogen and oxygen atoms in total. The van der Waals surface area contributed by atoms with Crippen LogP contribution in [0.1, 0.15) is 59.4 Å². The molecule has 0 aromatic heterocycles. The third-order valence-corrected chi connectivity index (χ3v) is 8.31. The maximum Gasteiger partial charge on any atom is 0.418 e. The zero-order chi connectivity index (χ0) is 32.1. The molecule has 0 atom stereocenters. The van der Waals surface area contributed by atoms with Gasteiger partial charge in [-0.3, -0.25) is 14.6 Å². The highest BCUT2D eigenvalue weighted by molar-refractivity contribution is 6.12. The number of nitrogens with zero attached hydrogens (tertiary/aromatic N) is 2. The van der Waals surface area contributed by atoms with Gasteiger partial charge in [-0.1, -0.05) is 31.2 Å². The van der Waals surface area contributed by atoms with Crippen LogP contribution in [0.4, 0.5) is 18.9 Å². The average molecular weight is 623 g/mol. The standard InChI is InChI=1S/C34H37F3N4O4/c1-4-41-17-15-24(16-18-41)39-33(43)23-13-14-26(29(19-23)44-3)40-30-10-6-8-27(25(20-38-30)34(35,36)37)45-28-9-5-7-22-12-11-21(2)32(42)31(22)28/h5-9,11,13-14,19,24H,4,10,12,15-18,20H2,1-3H3,(H,38,40)(H,39,43)/b8-6+,27-25-. The third kappa shape index (κ3) is 7.47. The van der Waals surface area contributed by atoms with E-state index in [2.05, 4.69) is 27.4 Å². The average Bonchev–Trinajstić information content (AvgIpc) is 3.01. The Kier molecular flexibility index (Phi) is 9.77. The quantitative estimate of drug-likeness (QED) is 0.379. The Balaban J connectivity index is 1.33. The number of ketones is 1. The summed E-state index contributed by atoms with van der Waals surface area (Å²) < 4.78 is 54.2. The lowest BCUT2D eigenvalue weighted by Crippen LogP contribution is -2.44. The predicted octanol–water partition coefficient (Wildman–Crippen LogP) is 6.26. The molecule has 2 aromatic rings. The van der Waals surface area contributed by atoms with E-state index in [1.54, 1.807) is 43.3 Å². The minimum absolute atomic E-state index is 0.0783. The zero-order valence-electron chi connectivity index (χ0n) is 25.6. The number of halogens is 3. The van der Waals surface area contributed by atoms with Gasteiger partial charge in [0.25, 0.3) is 5.91 Å². The summed E-state index contributed by atoms with van der Waals surface area (Å²) in [4.78, 5) is 32.4. The third-order valence-electron chi connectivity index (χ3n) is 8.31. The number of carbonyl (C=O) groups excluding carboxylic acids is 2. The largest absolute Gasteiger partial charge is 0.495 e. The van der Waals surface area contributed by atoms with Crippen LogP contribution in [0, 0.1) is 0 Å². The highest BCUT2D eigenvalue weighted by Gasteiger charge is 2.38. The fraction of sp³-hybridized carbons (Fsp3) is 0.382. The van der Waals surface area contributed by atoms with Gasteiger partial charge in [-0.2, -0.15) is 13.2 Å². The van der Waals surface area contributed by atoms with Gasteiger partial charge < -0.3 is 25.0 Å². The molecule has 0 saturated carbocycles. The number of amidine groups is 1. The Morgan fingerprint density at radius 1 is 1.11 bits per heavy atom. The maximum absolute atomic E-state index is 14.3. The van der Waals surface area contributed by atoms with E-state index in [9.17, 15) is 22.8 Å². The number of likely N-dealkylation sites (tertiary alicyclic amines) is 1. The fourth-order valence-corrected chi connectivity index (χ4v) is 5.62. The number of anilines is 1. The van der Waals surface area contributed by atoms with E-state index in [1.165, 1.54) is 25.3 Å². The van der Waals surface area contributed by atoms with Crippen molar-refractivity contribution in [3.8, 4) is 11.5 Å². The van der Waals surface area contributed by atoms with Crippen LogP contribution in [0.5, 0.6) is 11.5 Å². The number of allylic oxidation sites excluding steroid dienone is 3. The van der Waals surface area contributed by atoms with Gasteiger partial charge in [-0.05, 0) is 74.2 Å². The molecule has 2 aliphatic heterocycles. The number of rotatable bonds is 7. The fourth-order valence-electron chi connectivity index (χ4n) is 5.62. The van der Waals surface area contributed by atoms with Crippen molar-refractivity contribution in [2.24, 2.45) is 4.99 Å². The summed E-state index contributed by atoms with van der Waals surface area (Å²) in [5, 5.41) is 6.16. The van der Waals surface area contributed by atoms with Crippen molar-refractivity contribution in [3.05, 3.63) is 88.2 Å². The number of hydrogen-bond donors (Lipinski definition) is 2. The van der Waals surface area contributed by atoms with Crippen LogP contribution in [0.3, 0.4) is 0 Å². The molecule has 0 bridgehead atoms. The molecule has 5 rings (SSSR count). The molecular formula is C34H37F3N4O4. The van der Waals surface area contributed by atoms with Crippen molar-refractivity contribution in [1.29, 1.82) is 0 Å². The summed E-state index contributed by atoms with van der Waals surface area (Å²) in [6, 6.07) is 9.93. The van der Waals surface area contributed by atoms with Crippen molar-refractivity contribution in [2.45, 2.75) is 51.7 Å². The molecule has 2 heterocycles. The topological polar surface area (TPSA) is 92.3 Å². The van der Waals surface area contributed by atoms with Gasteiger partial charge >= 0.3 is 6.18 Å². The first-order chi connectivity index (χ1) is 21.6. The highest BCUT2D eigenvalue weighted by Crippen LogP contribution is 2.35. The highest BCUT2D eigenvalue weighted by atomic mass is 19.4. The molecule has 1 aliphatic carbocycles. The van der Waals surface area contributed by atoms with Crippen molar-refractivity contribution >= 4 is 23.2 Å². The first-order valence-corrected chi connectivity index (χ1v) is 15.1. The summed E-state index contributed by atoms with van der Waals surface area (Å²) >= 11 is 0. The van der Waals surface area contributed by atoms with Gasteiger partial charge in [-0.15, -0.1) is 0 Å². The zero-order valence-corrected chi connectivity index (χ0v) is 25.6. The number of carbonyl (C=O) groups is 2. The molecule has 238 valence electrons. The number of Topliss-reactive ketones (excluding diaryl/α,β-unsaturated/α-hetero) is 1. The molecule has 45 heavy (non-hydrogen) atoms. The van der Waals surface area contributed by atoms with Crippen LogP contribution >= 0.6 is 0 Å². The number of amides is 1. The van der Waals surface area contributed by atoms with Crippen molar-refractivity contribution in [2.75, 3.05) is 38.6 Å². The smallest absolute Gasteiger partial charge is 0.418 e. The number of hydrogen-bond acceptors (Lipinski definition) is 7. The van der Waals surface area contributed by atoms with E-state index in [0.29, 0.717) is 34.6 Å². The normalized spacial score (nSPS) is 20.3. The lowest BCUT2D eigenvalue weighted by Gasteiger charge is -2.31. The second-order valence-corrected chi connectivity index (χ2v) is 11.2. The number of ether oxygens (including phenoxy) is 2. The van der Waals surface area contributed by atoms with Crippen LogP contribution in [0.25, 0.3) is 0 Å². The summed E-state index contributed by atoms with van der Waals surface area (Å²) in [6.45, 7) is 5.97. The molecule has 1 saturated heterocycles. The second kappa shape index (κ2) is 13.7. The Hall–Kier alpha value is -4.38. The lowest BCUT2D eigenvalue weighted by molar-refractivity contribution is -0.0943. The Bertz CT molecular complexity index is 1580. The molecular weight excluding hydrogens is 585 g/mol.